The summed E-state index contributed by atoms with van der Waals surface area (Å²) in [5.41, 5.74) is 1.95. The lowest BCUT2D eigenvalue weighted by Crippen LogP contribution is -2.35. The van der Waals surface area contributed by atoms with E-state index in [2.05, 4.69) is 5.32 Å². The summed E-state index contributed by atoms with van der Waals surface area (Å²) in [5.74, 6) is 1.66. The Balaban J connectivity index is 1.38. The van der Waals surface area contributed by atoms with Gasteiger partial charge in [-0.3, -0.25) is 9.59 Å². The van der Waals surface area contributed by atoms with Gasteiger partial charge in [-0.2, -0.15) is 0 Å². The molecule has 0 bridgehead atoms. The summed E-state index contributed by atoms with van der Waals surface area (Å²) in [6, 6.07) is 5.89. The molecule has 9 heteroatoms. The van der Waals surface area contributed by atoms with Crippen LogP contribution >= 0.6 is 0 Å². The van der Waals surface area contributed by atoms with Gasteiger partial charge in [0.1, 0.15) is 23.2 Å². The Morgan fingerprint density at radius 1 is 1.25 bits per heavy atom. The van der Waals surface area contributed by atoms with Gasteiger partial charge in [0.2, 0.25) is 11.8 Å². The number of nitrogens with zero attached hydrogens (tertiary/aromatic N) is 4. The van der Waals surface area contributed by atoms with Crippen LogP contribution in [0.4, 0.5) is 10.2 Å². The molecular formula is C23H28FN5O3. The lowest BCUT2D eigenvalue weighted by molar-refractivity contribution is -0.131. The highest BCUT2D eigenvalue weighted by Gasteiger charge is 2.31. The van der Waals surface area contributed by atoms with E-state index in [1.54, 1.807) is 24.0 Å². The summed E-state index contributed by atoms with van der Waals surface area (Å²) < 4.78 is 18.7. The summed E-state index contributed by atoms with van der Waals surface area (Å²) in [7, 11) is 1.84. The van der Waals surface area contributed by atoms with Gasteiger partial charge in [-0.1, -0.05) is 6.07 Å². The first-order valence-corrected chi connectivity index (χ1v) is 10.9. The fourth-order valence-electron chi connectivity index (χ4n) is 4.28. The molecule has 1 aromatic heterocycles. The minimum Gasteiger partial charge on any atom is -0.493 e. The van der Waals surface area contributed by atoms with Crippen molar-refractivity contribution >= 4 is 17.6 Å². The lowest BCUT2D eigenvalue weighted by Gasteiger charge is -2.29. The monoisotopic (exact) mass is 441 g/mol. The zero-order valence-electron chi connectivity index (χ0n) is 18.4. The molecule has 2 aliphatic heterocycles. The van der Waals surface area contributed by atoms with Gasteiger partial charge in [0.05, 0.1) is 25.3 Å². The van der Waals surface area contributed by atoms with E-state index in [1.807, 2.05) is 11.9 Å². The van der Waals surface area contributed by atoms with Gasteiger partial charge in [0.25, 0.3) is 0 Å². The van der Waals surface area contributed by atoms with Gasteiger partial charge in [-0.15, -0.1) is 0 Å². The van der Waals surface area contributed by atoms with Crippen LogP contribution in [0, 0.1) is 5.82 Å². The molecule has 1 fully saturated rings. The summed E-state index contributed by atoms with van der Waals surface area (Å²) >= 11 is 0. The topological polar surface area (TPSA) is 87.7 Å². The van der Waals surface area contributed by atoms with Gasteiger partial charge in [-0.05, 0) is 25.0 Å². The largest absolute Gasteiger partial charge is 0.493 e. The molecule has 2 aromatic rings. The summed E-state index contributed by atoms with van der Waals surface area (Å²) in [6.45, 7) is 4.12. The molecular weight excluding hydrogens is 413 g/mol. The normalized spacial score (nSPS) is 17.8. The number of amides is 2. The van der Waals surface area contributed by atoms with Gasteiger partial charge in [0, 0.05) is 51.2 Å². The minimum absolute atomic E-state index is 0.00143. The third-order valence-corrected chi connectivity index (χ3v) is 6.05. The fourth-order valence-corrected chi connectivity index (χ4v) is 4.28. The van der Waals surface area contributed by atoms with Gasteiger partial charge in [-0.25, -0.2) is 14.4 Å². The van der Waals surface area contributed by atoms with E-state index < -0.39 is 0 Å². The number of hydrogen-bond donors (Lipinski definition) is 1. The molecule has 3 heterocycles. The van der Waals surface area contributed by atoms with E-state index in [0.717, 1.165) is 29.9 Å². The lowest BCUT2D eigenvalue weighted by atomic mass is 10.0. The Morgan fingerprint density at radius 2 is 2.09 bits per heavy atom. The van der Waals surface area contributed by atoms with Crippen molar-refractivity contribution in [2.45, 2.75) is 38.6 Å². The van der Waals surface area contributed by atoms with Crippen molar-refractivity contribution in [2.24, 2.45) is 0 Å². The van der Waals surface area contributed by atoms with Gasteiger partial charge >= 0.3 is 0 Å². The zero-order chi connectivity index (χ0) is 22.7. The average molecular weight is 442 g/mol. The van der Waals surface area contributed by atoms with E-state index in [9.17, 15) is 14.0 Å². The Morgan fingerprint density at radius 3 is 2.84 bits per heavy atom. The number of benzene rings is 1. The molecule has 2 amide bonds. The predicted octanol–water partition coefficient (Wildman–Crippen LogP) is 2.35. The molecule has 0 radical (unpaired) electrons. The predicted molar refractivity (Wildman–Crippen MR) is 117 cm³/mol. The van der Waals surface area contributed by atoms with Crippen LogP contribution in [0.5, 0.6) is 5.75 Å². The number of nitrogens with one attached hydrogen (secondary N) is 1. The molecule has 2 aliphatic rings. The van der Waals surface area contributed by atoms with Crippen molar-refractivity contribution in [3.63, 3.8) is 0 Å². The minimum atomic E-state index is -0.367. The van der Waals surface area contributed by atoms with Crippen LogP contribution in [0.3, 0.4) is 0 Å². The number of hydrogen-bond acceptors (Lipinski definition) is 6. The fraction of sp³-hybridized carbons (Fsp3) is 0.478. The van der Waals surface area contributed by atoms with Crippen LogP contribution in [0.1, 0.15) is 42.8 Å². The number of rotatable bonds is 6. The van der Waals surface area contributed by atoms with Crippen LogP contribution in [-0.4, -0.2) is 64.9 Å². The van der Waals surface area contributed by atoms with Crippen LogP contribution in [0.25, 0.3) is 0 Å². The van der Waals surface area contributed by atoms with Crippen LogP contribution in [-0.2, 0) is 22.6 Å². The number of ether oxygens (including phenoxy) is 1. The number of halogens is 1. The number of carbonyl (C=O) groups is 2. The van der Waals surface area contributed by atoms with Crippen LogP contribution in [0.2, 0.25) is 0 Å². The quantitative estimate of drug-likeness (QED) is 0.741. The molecule has 1 atom stereocenters. The highest BCUT2D eigenvalue weighted by molar-refractivity contribution is 5.76. The maximum Gasteiger partial charge on any atom is 0.226 e. The van der Waals surface area contributed by atoms with Crippen molar-refractivity contribution in [2.75, 3.05) is 38.6 Å². The Labute approximate surface area is 186 Å². The highest BCUT2D eigenvalue weighted by atomic mass is 19.1. The van der Waals surface area contributed by atoms with E-state index in [-0.39, 0.29) is 36.6 Å². The molecule has 0 aliphatic carbocycles. The van der Waals surface area contributed by atoms with Crippen molar-refractivity contribution in [1.29, 1.82) is 0 Å². The van der Waals surface area contributed by atoms with Crippen molar-refractivity contribution in [3.8, 4) is 5.75 Å². The smallest absolute Gasteiger partial charge is 0.226 e. The van der Waals surface area contributed by atoms with E-state index >= 15 is 0 Å². The van der Waals surface area contributed by atoms with Crippen molar-refractivity contribution in [1.82, 2.24) is 19.8 Å². The highest BCUT2D eigenvalue weighted by Crippen LogP contribution is 2.30. The zero-order valence-corrected chi connectivity index (χ0v) is 18.4. The van der Waals surface area contributed by atoms with Crippen LogP contribution in [0.15, 0.2) is 24.3 Å². The number of likely N-dealkylation sites (tertiary alicyclic amines) is 1. The average Bonchev–Trinajstić information content (AvgIpc) is 3.28. The van der Waals surface area contributed by atoms with E-state index in [4.69, 9.17) is 14.7 Å². The summed E-state index contributed by atoms with van der Waals surface area (Å²) in [5, 5.41) is 3.17. The summed E-state index contributed by atoms with van der Waals surface area (Å²) in [6.07, 6.45) is 1.74. The second kappa shape index (κ2) is 9.50. The third kappa shape index (κ3) is 4.81. The Kier molecular flexibility index (Phi) is 6.53. The number of anilines is 1. The molecule has 0 spiro atoms. The third-order valence-electron chi connectivity index (χ3n) is 6.05. The van der Waals surface area contributed by atoms with Crippen LogP contribution < -0.4 is 10.1 Å². The van der Waals surface area contributed by atoms with Crippen molar-refractivity contribution < 1.29 is 18.7 Å². The molecule has 4 rings (SSSR count). The Bertz CT molecular complexity index is 1020. The standard InChI is InChI=1S/C23H28FN5O3/c1-15(30)28-10-7-19-20(14-28)26-22(27-23(19)25-2)16-6-9-29(13-16)21(31)8-11-32-18-5-3-4-17(24)12-18/h3-5,12,16H,6-11,13-14H2,1-2H3,(H,25,26,27)/t16-/m1/s1. The first-order valence-electron chi connectivity index (χ1n) is 10.9. The first kappa shape index (κ1) is 22.0. The number of aromatic nitrogens is 2. The van der Waals surface area contributed by atoms with Crippen molar-refractivity contribution in [3.05, 3.63) is 47.2 Å². The molecule has 8 nitrogen and oxygen atoms in total. The molecule has 1 aromatic carbocycles. The summed E-state index contributed by atoms with van der Waals surface area (Å²) in [4.78, 5) is 37.6. The molecule has 32 heavy (non-hydrogen) atoms. The second-order valence-corrected chi connectivity index (χ2v) is 8.18. The van der Waals surface area contributed by atoms with E-state index in [0.29, 0.717) is 37.8 Å². The molecule has 0 unspecified atom stereocenters. The molecule has 1 N–H and O–H groups in total. The van der Waals surface area contributed by atoms with E-state index in [1.165, 1.54) is 12.1 Å². The Hall–Kier alpha value is -3.23. The van der Waals surface area contributed by atoms with Gasteiger partial charge in [0.15, 0.2) is 0 Å². The molecule has 0 saturated carbocycles. The number of carbonyl (C=O) groups excluding carboxylic acids is 2. The maximum atomic E-state index is 13.2. The number of fused-ring (bicyclic) bond motifs is 1. The SMILES string of the molecule is CNc1nc([C@@H]2CCN(C(=O)CCOc3cccc(F)c3)C2)nc2c1CCN(C(C)=O)C2. The maximum absolute atomic E-state index is 13.2. The molecule has 1 saturated heterocycles. The molecule has 170 valence electrons. The second-order valence-electron chi connectivity index (χ2n) is 8.18. The first-order chi connectivity index (χ1) is 15.4. The van der Waals surface area contributed by atoms with Gasteiger partial charge < -0.3 is 19.9 Å².